The van der Waals surface area contributed by atoms with Crippen molar-refractivity contribution in [2.24, 2.45) is 5.92 Å². The van der Waals surface area contributed by atoms with Crippen LogP contribution in [0.4, 0.5) is 0 Å². The maximum Gasteiger partial charge on any atom is 0.328 e. The smallest absolute Gasteiger partial charge is 0.328 e. The first-order valence-corrected chi connectivity index (χ1v) is 9.60. The molecule has 0 aliphatic rings. The molecule has 29 heavy (non-hydrogen) atoms. The first-order valence-electron chi connectivity index (χ1n) is 9.60. The van der Waals surface area contributed by atoms with E-state index in [4.69, 9.17) is 9.47 Å². The van der Waals surface area contributed by atoms with E-state index < -0.39 is 12.0 Å². The van der Waals surface area contributed by atoms with Crippen molar-refractivity contribution in [3.05, 3.63) is 66.4 Å². The van der Waals surface area contributed by atoms with E-state index in [0.717, 1.165) is 22.2 Å². The number of amides is 1. The predicted molar refractivity (Wildman–Crippen MR) is 111 cm³/mol. The van der Waals surface area contributed by atoms with Crippen LogP contribution in [0.1, 0.15) is 19.4 Å². The highest BCUT2D eigenvalue weighted by Gasteiger charge is 2.25. The third-order valence-electron chi connectivity index (χ3n) is 4.75. The van der Waals surface area contributed by atoms with Gasteiger partial charge in [0, 0.05) is 12.3 Å². The minimum absolute atomic E-state index is 0.0641. The molecule has 0 aliphatic carbocycles. The summed E-state index contributed by atoms with van der Waals surface area (Å²) in [6.07, 6.45) is 1.85. The number of ether oxygens (including phenoxy) is 2. The number of hydrogen-bond acceptors (Lipinski definition) is 4. The molecule has 0 radical (unpaired) electrons. The van der Waals surface area contributed by atoms with Crippen LogP contribution in [-0.2, 0) is 27.5 Å². The second kappa shape index (κ2) is 9.28. The van der Waals surface area contributed by atoms with E-state index in [-0.39, 0.29) is 18.4 Å². The molecule has 3 aromatic rings. The highest BCUT2D eigenvalue weighted by Crippen LogP contribution is 2.23. The number of aromatic nitrogens is 1. The number of esters is 1. The largest absolute Gasteiger partial charge is 0.489 e. The number of methoxy groups -OCH3 is 1. The molecular weight excluding hydrogens is 368 g/mol. The van der Waals surface area contributed by atoms with Crippen molar-refractivity contribution in [1.29, 1.82) is 0 Å². The number of hydrogen-bond donors (Lipinski definition) is 1. The van der Waals surface area contributed by atoms with E-state index >= 15 is 0 Å². The number of nitrogens with one attached hydrogen (secondary N) is 1. The first kappa shape index (κ1) is 20.5. The Morgan fingerprint density at radius 3 is 2.52 bits per heavy atom. The second-order valence-electron chi connectivity index (χ2n) is 7.25. The molecule has 0 saturated carbocycles. The lowest BCUT2D eigenvalue weighted by molar-refractivity contribution is -0.146. The summed E-state index contributed by atoms with van der Waals surface area (Å²) >= 11 is 0. The lowest BCUT2D eigenvalue weighted by atomic mass is 10.0. The molecule has 0 aliphatic heterocycles. The van der Waals surface area contributed by atoms with Gasteiger partial charge >= 0.3 is 5.97 Å². The van der Waals surface area contributed by atoms with Crippen LogP contribution in [0.2, 0.25) is 0 Å². The predicted octanol–water partition coefficient (Wildman–Crippen LogP) is 3.53. The van der Waals surface area contributed by atoms with Crippen molar-refractivity contribution >= 4 is 22.8 Å². The van der Waals surface area contributed by atoms with Crippen LogP contribution >= 0.6 is 0 Å². The van der Waals surface area contributed by atoms with E-state index in [1.807, 2.05) is 79.2 Å². The molecule has 6 nitrogen and oxygen atoms in total. The fourth-order valence-electron chi connectivity index (χ4n) is 3.13. The Morgan fingerprint density at radius 1 is 1.07 bits per heavy atom. The maximum absolute atomic E-state index is 12.5. The second-order valence-corrected chi connectivity index (χ2v) is 7.25. The molecule has 0 fully saturated rings. The minimum atomic E-state index is -0.668. The maximum atomic E-state index is 12.5. The minimum Gasteiger partial charge on any atom is -0.489 e. The van der Waals surface area contributed by atoms with Gasteiger partial charge < -0.3 is 19.4 Å². The Hall–Kier alpha value is -3.28. The van der Waals surface area contributed by atoms with Crippen LogP contribution in [-0.4, -0.2) is 29.6 Å². The highest BCUT2D eigenvalue weighted by atomic mass is 16.5. The zero-order valence-electron chi connectivity index (χ0n) is 16.9. The van der Waals surface area contributed by atoms with Gasteiger partial charge in [-0.05, 0) is 35.1 Å². The fraction of sp³-hybridized carbons (Fsp3) is 0.304. The summed E-state index contributed by atoms with van der Waals surface area (Å²) in [6.45, 7) is 4.31. The normalized spacial score (nSPS) is 12.0. The monoisotopic (exact) mass is 394 g/mol. The van der Waals surface area contributed by atoms with E-state index in [2.05, 4.69) is 5.32 Å². The van der Waals surface area contributed by atoms with Crippen LogP contribution in [0, 0.1) is 5.92 Å². The fourth-order valence-corrected chi connectivity index (χ4v) is 3.13. The van der Waals surface area contributed by atoms with Gasteiger partial charge in [0.05, 0.1) is 12.6 Å². The molecule has 0 bridgehead atoms. The Kier molecular flexibility index (Phi) is 6.54. The summed E-state index contributed by atoms with van der Waals surface area (Å²) in [4.78, 5) is 24.4. The van der Waals surface area contributed by atoms with Crippen LogP contribution < -0.4 is 10.1 Å². The molecule has 152 valence electrons. The topological polar surface area (TPSA) is 69.6 Å². The number of benzene rings is 2. The van der Waals surface area contributed by atoms with Crippen molar-refractivity contribution in [3.63, 3.8) is 0 Å². The first-order chi connectivity index (χ1) is 14.0. The van der Waals surface area contributed by atoms with Gasteiger partial charge in [0.25, 0.3) is 0 Å². The molecule has 3 rings (SSSR count). The molecule has 1 heterocycles. The van der Waals surface area contributed by atoms with Gasteiger partial charge in [-0.15, -0.1) is 0 Å². The van der Waals surface area contributed by atoms with Crippen LogP contribution in [0.3, 0.4) is 0 Å². The molecule has 1 N–H and O–H groups in total. The van der Waals surface area contributed by atoms with Crippen LogP contribution in [0.15, 0.2) is 60.8 Å². The Labute approximate surface area is 170 Å². The lowest BCUT2D eigenvalue weighted by Crippen LogP contribution is -2.46. The van der Waals surface area contributed by atoms with Crippen molar-refractivity contribution in [3.8, 4) is 5.75 Å². The van der Waals surface area contributed by atoms with Crippen LogP contribution in [0.25, 0.3) is 10.9 Å². The number of rotatable bonds is 8. The number of carbonyl (C=O) groups is 2. The molecule has 0 saturated heterocycles. The van der Waals surface area contributed by atoms with Crippen molar-refractivity contribution < 1.29 is 19.1 Å². The van der Waals surface area contributed by atoms with E-state index in [0.29, 0.717) is 6.61 Å². The van der Waals surface area contributed by atoms with E-state index in [1.165, 1.54) is 7.11 Å². The summed E-state index contributed by atoms with van der Waals surface area (Å²) < 4.78 is 12.5. The molecule has 1 atom stereocenters. The summed E-state index contributed by atoms with van der Waals surface area (Å²) in [7, 11) is 1.32. The van der Waals surface area contributed by atoms with Gasteiger partial charge in [-0.1, -0.05) is 44.2 Å². The Morgan fingerprint density at radius 2 is 1.83 bits per heavy atom. The van der Waals surface area contributed by atoms with Gasteiger partial charge in [-0.2, -0.15) is 0 Å². The van der Waals surface area contributed by atoms with Gasteiger partial charge in [0.1, 0.15) is 24.9 Å². The van der Waals surface area contributed by atoms with Crippen molar-refractivity contribution in [2.75, 3.05) is 7.11 Å². The summed E-state index contributed by atoms with van der Waals surface area (Å²) in [5, 5.41) is 3.78. The number of nitrogens with zero attached hydrogens (tertiary/aromatic N) is 1. The molecule has 1 aromatic heterocycles. The van der Waals surface area contributed by atoms with E-state index in [9.17, 15) is 9.59 Å². The zero-order valence-corrected chi connectivity index (χ0v) is 16.9. The average Bonchev–Trinajstić information content (AvgIpc) is 3.12. The third-order valence-corrected chi connectivity index (χ3v) is 4.75. The lowest BCUT2D eigenvalue weighted by Gasteiger charge is -2.20. The van der Waals surface area contributed by atoms with E-state index in [1.54, 1.807) is 0 Å². The summed E-state index contributed by atoms with van der Waals surface area (Å²) in [5.41, 5.74) is 1.98. The van der Waals surface area contributed by atoms with Gasteiger partial charge in [-0.3, -0.25) is 4.79 Å². The average molecular weight is 394 g/mol. The summed E-state index contributed by atoms with van der Waals surface area (Å²) in [6, 6.07) is 17.0. The number of fused-ring (bicyclic) bond motifs is 1. The number of carbonyl (C=O) groups excluding carboxylic acids is 2. The molecular formula is C23H26N2O4. The molecule has 0 unspecified atom stereocenters. The van der Waals surface area contributed by atoms with Crippen LogP contribution in [0.5, 0.6) is 5.75 Å². The standard InChI is InChI=1S/C23H26N2O4/c1-16(2)22(23(27)28-3)24-21(26)14-25-12-11-18-9-10-19(13-20(18)25)29-15-17-7-5-4-6-8-17/h4-13,16,22H,14-15H2,1-3H3,(H,24,26)/t22-/m1/s1. The Bertz CT molecular complexity index is 979. The highest BCUT2D eigenvalue weighted by molar-refractivity contribution is 5.87. The SMILES string of the molecule is COC(=O)[C@H](NC(=O)Cn1ccc2ccc(OCc3ccccc3)cc21)C(C)C. The third kappa shape index (κ3) is 5.16. The summed E-state index contributed by atoms with van der Waals surface area (Å²) in [5.74, 6) is -0.0216. The van der Waals surface area contributed by atoms with Crippen molar-refractivity contribution in [1.82, 2.24) is 9.88 Å². The van der Waals surface area contributed by atoms with Gasteiger partial charge in [0.2, 0.25) is 5.91 Å². The Balaban J connectivity index is 1.70. The molecule has 1 amide bonds. The molecule has 2 aromatic carbocycles. The zero-order chi connectivity index (χ0) is 20.8. The molecule has 6 heteroatoms. The van der Waals surface area contributed by atoms with Gasteiger partial charge in [-0.25, -0.2) is 4.79 Å². The van der Waals surface area contributed by atoms with Crippen molar-refractivity contribution in [2.45, 2.75) is 33.0 Å². The molecule has 0 spiro atoms. The quantitative estimate of drug-likeness (QED) is 0.594. The van der Waals surface area contributed by atoms with Gasteiger partial charge in [0.15, 0.2) is 0 Å².